The van der Waals surface area contributed by atoms with Crippen LogP contribution in [0.1, 0.15) is 67.8 Å². The molecule has 1 unspecified atom stereocenters. The van der Waals surface area contributed by atoms with Gasteiger partial charge in [0.15, 0.2) is 0 Å². The number of nitrogens with zero attached hydrogens (tertiary/aromatic N) is 2. The molecule has 2 saturated carbocycles. The molecule has 0 spiro atoms. The van der Waals surface area contributed by atoms with Gasteiger partial charge in [0.05, 0.1) is 11.7 Å². The lowest BCUT2D eigenvalue weighted by Crippen LogP contribution is -2.32. The minimum Gasteiger partial charge on any atom is -0.315 e. The minimum absolute atomic E-state index is 0.617. The van der Waals surface area contributed by atoms with Gasteiger partial charge in [-0.2, -0.15) is 5.10 Å². The van der Waals surface area contributed by atoms with E-state index in [1.165, 1.54) is 50.8 Å². The normalized spacial score (nSPS) is 29.5. The van der Waals surface area contributed by atoms with Crippen molar-refractivity contribution in [3.63, 3.8) is 0 Å². The molecule has 1 aromatic rings. The van der Waals surface area contributed by atoms with Crippen LogP contribution >= 0.6 is 0 Å². The molecule has 1 saturated heterocycles. The number of nitrogens with one attached hydrogen (secondary N) is 1. The van der Waals surface area contributed by atoms with Gasteiger partial charge in [0.1, 0.15) is 0 Å². The molecule has 0 bridgehead atoms. The summed E-state index contributed by atoms with van der Waals surface area (Å²) in [5, 5.41) is 8.45. The molecule has 1 aliphatic heterocycles. The number of hydrogen-bond acceptors (Lipinski definition) is 2. The summed E-state index contributed by atoms with van der Waals surface area (Å²) in [6, 6.07) is 3.04. The summed E-state index contributed by atoms with van der Waals surface area (Å²) < 4.78 is 2.39. The van der Waals surface area contributed by atoms with Crippen LogP contribution in [0.2, 0.25) is 0 Å². The minimum atomic E-state index is 0.617. The molecule has 92 valence electrons. The predicted octanol–water partition coefficient (Wildman–Crippen LogP) is 2.56. The topological polar surface area (TPSA) is 29.9 Å². The van der Waals surface area contributed by atoms with Crippen molar-refractivity contribution in [1.29, 1.82) is 0 Å². The zero-order chi connectivity index (χ0) is 11.2. The Balaban J connectivity index is 1.65. The van der Waals surface area contributed by atoms with Crippen LogP contribution in [0.4, 0.5) is 0 Å². The lowest BCUT2D eigenvalue weighted by atomic mass is 10.1. The fourth-order valence-corrected chi connectivity index (χ4v) is 3.03. The zero-order valence-electron chi connectivity index (χ0n) is 10.4. The summed E-state index contributed by atoms with van der Waals surface area (Å²) in [4.78, 5) is 0. The van der Waals surface area contributed by atoms with Crippen molar-refractivity contribution >= 4 is 0 Å². The molecule has 1 aromatic heterocycles. The average Bonchev–Trinajstić information content (AvgIpc) is 3.28. The highest BCUT2D eigenvalue weighted by atomic mass is 15.3. The molecule has 2 heterocycles. The van der Waals surface area contributed by atoms with E-state index in [-0.39, 0.29) is 0 Å². The number of hydrogen-bond donors (Lipinski definition) is 1. The Bertz CT molecular complexity index is 409. The second kappa shape index (κ2) is 3.84. The molecule has 3 nitrogen and oxygen atoms in total. The van der Waals surface area contributed by atoms with E-state index in [1.807, 2.05) is 0 Å². The molecule has 0 aromatic carbocycles. The van der Waals surface area contributed by atoms with Gasteiger partial charge in [-0.25, -0.2) is 0 Å². The quantitative estimate of drug-likeness (QED) is 0.866. The van der Waals surface area contributed by atoms with Gasteiger partial charge in [0.25, 0.3) is 0 Å². The standard InChI is InChI=1S/C14H21N3/c1-2-12(9-15-7-1)17-14(11-5-6-11)8-13(16-17)10-3-4-10/h8,10-12,15H,1-7,9H2. The van der Waals surface area contributed by atoms with Gasteiger partial charge in [-0.3, -0.25) is 4.68 Å². The summed E-state index contributed by atoms with van der Waals surface area (Å²) in [7, 11) is 0. The van der Waals surface area contributed by atoms with Crippen LogP contribution in [0.3, 0.4) is 0 Å². The lowest BCUT2D eigenvalue weighted by molar-refractivity contribution is 0.337. The fourth-order valence-electron chi connectivity index (χ4n) is 3.03. The fraction of sp³-hybridized carbons (Fsp3) is 0.786. The van der Waals surface area contributed by atoms with Crippen molar-refractivity contribution in [2.24, 2.45) is 0 Å². The molecular weight excluding hydrogens is 210 g/mol. The van der Waals surface area contributed by atoms with Gasteiger partial charge in [0, 0.05) is 24.1 Å². The SMILES string of the molecule is c1c(C2CC2)nn(C2CCCNC2)c1C1CC1. The highest BCUT2D eigenvalue weighted by Crippen LogP contribution is 2.45. The molecule has 3 heteroatoms. The molecule has 1 atom stereocenters. The Labute approximate surface area is 103 Å². The van der Waals surface area contributed by atoms with Gasteiger partial charge in [-0.05, 0) is 51.1 Å². The van der Waals surface area contributed by atoms with E-state index >= 15 is 0 Å². The lowest BCUT2D eigenvalue weighted by Gasteiger charge is -2.25. The Hall–Kier alpha value is -0.830. The maximum Gasteiger partial charge on any atom is 0.0658 e. The van der Waals surface area contributed by atoms with Crippen molar-refractivity contribution < 1.29 is 0 Å². The molecule has 1 N–H and O–H groups in total. The molecule has 4 rings (SSSR count). The van der Waals surface area contributed by atoms with Gasteiger partial charge in [0.2, 0.25) is 0 Å². The predicted molar refractivity (Wildman–Crippen MR) is 67.3 cm³/mol. The van der Waals surface area contributed by atoms with E-state index < -0.39 is 0 Å². The molecule has 3 fully saturated rings. The smallest absolute Gasteiger partial charge is 0.0658 e. The van der Waals surface area contributed by atoms with E-state index in [1.54, 1.807) is 5.69 Å². The number of rotatable bonds is 3. The monoisotopic (exact) mass is 231 g/mol. The maximum atomic E-state index is 4.93. The van der Waals surface area contributed by atoms with Crippen LogP contribution in [0.15, 0.2) is 6.07 Å². The van der Waals surface area contributed by atoms with Gasteiger partial charge >= 0.3 is 0 Å². The second-order valence-electron chi connectivity index (χ2n) is 5.99. The van der Waals surface area contributed by atoms with Gasteiger partial charge < -0.3 is 5.32 Å². The second-order valence-corrected chi connectivity index (χ2v) is 5.99. The molecule has 0 radical (unpaired) electrons. The zero-order valence-corrected chi connectivity index (χ0v) is 10.4. The van der Waals surface area contributed by atoms with E-state index in [9.17, 15) is 0 Å². The van der Waals surface area contributed by atoms with Crippen molar-refractivity contribution in [3.8, 4) is 0 Å². The third kappa shape index (κ3) is 1.90. The average molecular weight is 231 g/mol. The first-order chi connectivity index (χ1) is 8.42. The first-order valence-electron chi connectivity index (χ1n) is 7.22. The van der Waals surface area contributed by atoms with E-state index in [0.29, 0.717) is 6.04 Å². The summed E-state index contributed by atoms with van der Waals surface area (Å²) in [6.45, 7) is 2.30. The summed E-state index contributed by atoms with van der Waals surface area (Å²) in [5.41, 5.74) is 2.93. The third-order valence-corrected chi connectivity index (χ3v) is 4.39. The summed E-state index contributed by atoms with van der Waals surface area (Å²) in [6.07, 6.45) is 8.10. The number of aromatic nitrogens is 2. The van der Waals surface area contributed by atoms with Crippen LogP contribution in [-0.4, -0.2) is 22.9 Å². The van der Waals surface area contributed by atoms with Crippen LogP contribution < -0.4 is 5.32 Å². The van der Waals surface area contributed by atoms with Crippen molar-refractivity contribution in [2.75, 3.05) is 13.1 Å². The van der Waals surface area contributed by atoms with Gasteiger partial charge in [-0.15, -0.1) is 0 Å². The van der Waals surface area contributed by atoms with Crippen molar-refractivity contribution in [1.82, 2.24) is 15.1 Å². The number of piperidine rings is 1. The first-order valence-corrected chi connectivity index (χ1v) is 7.22. The van der Waals surface area contributed by atoms with Crippen LogP contribution in [0, 0.1) is 0 Å². The van der Waals surface area contributed by atoms with Crippen molar-refractivity contribution in [2.45, 2.75) is 56.4 Å². The molecule has 17 heavy (non-hydrogen) atoms. The molecule has 3 aliphatic rings. The highest BCUT2D eigenvalue weighted by Gasteiger charge is 2.34. The van der Waals surface area contributed by atoms with Crippen LogP contribution in [-0.2, 0) is 0 Å². The molecule has 0 amide bonds. The van der Waals surface area contributed by atoms with Gasteiger partial charge in [-0.1, -0.05) is 0 Å². The van der Waals surface area contributed by atoms with Crippen molar-refractivity contribution in [3.05, 3.63) is 17.5 Å². The van der Waals surface area contributed by atoms with E-state index in [2.05, 4.69) is 16.1 Å². The Morgan fingerprint density at radius 2 is 1.94 bits per heavy atom. The largest absolute Gasteiger partial charge is 0.315 e. The Morgan fingerprint density at radius 3 is 2.59 bits per heavy atom. The maximum absolute atomic E-state index is 4.93. The molecule has 2 aliphatic carbocycles. The Kier molecular flexibility index (Phi) is 2.29. The molecular formula is C14H21N3. The Morgan fingerprint density at radius 1 is 1.12 bits per heavy atom. The summed E-state index contributed by atoms with van der Waals surface area (Å²) >= 11 is 0. The van der Waals surface area contributed by atoms with Crippen LogP contribution in [0.5, 0.6) is 0 Å². The first kappa shape index (κ1) is 10.1. The van der Waals surface area contributed by atoms with E-state index in [0.717, 1.165) is 18.4 Å². The third-order valence-electron chi connectivity index (χ3n) is 4.39. The van der Waals surface area contributed by atoms with E-state index in [4.69, 9.17) is 5.10 Å². The summed E-state index contributed by atoms with van der Waals surface area (Å²) in [5.74, 6) is 1.63. The highest BCUT2D eigenvalue weighted by molar-refractivity contribution is 5.24. The van der Waals surface area contributed by atoms with Crippen LogP contribution in [0.25, 0.3) is 0 Å².